The van der Waals surface area contributed by atoms with Gasteiger partial charge in [-0.25, -0.2) is 4.98 Å². The third-order valence-corrected chi connectivity index (χ3v) is 3.51. The number of nitrogens with zero attached hydrogens (tertiary/aromatic N) is 2. The second kappa shape index (κ2) is 4.52. The van der Waals surface area contributed by atoms with Crippen molar-refractivity contribution >= 4 is 11.0 Å². The van der Waals surface area contributed by atoms with E-state index in [4.69, 9.17) is 4.98 Å². The van der Waals surface area contributed by atoms with Crippen LogP contribution in [0.1, 0.15) is 11.1 Å². The zero-order chi connectivity index (χ0) is 13.4. The van der Waals surface area contributed by atoms with E-state index in [1.54, 1.807) is 0 Å². The maximum absolute atomic E-state index is 9.23. The first-order valence-corrected chi connectivity index (χ1v) is 6.33. The molecule has 2 aromatic carbocycles. The van der Waals surface area contributed by atoms with Gasteiger partial charge < -0.3 is 9.67 Å². The van der Waals surface area contributed by atoms with Gasteiger partial charge in [-0.3, -0.25) is 0 Å². The van der Waals surface area contributed by atoms with Crippen LogP contribution < -0.4 is 0 Å². The smallest absolute Gasteiger partial charge is 0.141 e. The van der Waals surface area contributed by atoms with Gasteiger partial charge in [0, 0.05) is 12.6 Å². The molecule has 3 heteroatoms. The lowest BCUT2D eigenvalue weighted by atomic mass is 10.1. The molecule has 0 saturated heterocycles. The average Bonchev–Trinajstić information content (AvgIpc) is 2.76. The molecule has 19 heavy (non-hydrogen) atoms. The molecule has 0 radical (unpaired) electrons. The summed E-state index contributed by atoms with van der Waals surface area (Å²) in [5.41, 5.74) is 5.27. The van der Waals surface area contributed by atoms with Crippen molar-refractivity contribution in [2.24, 2.45) is 7.05 Å². The lowest BCUT2D eigenvalue weighted by Crippen LogP contribution is -1.94. The standard InChI is InChI=1S/C16H16N2O/c1-11-5-3-4-6-13(11)16-17-14-8-7-12(10-19)9-15(14)18(16)2/h3-9,19H,10H2,1-2H3. The van der Waals surface area contributed by atoms with Crippen LogP contribution in [-0.2, 0) is 13.7 Å². The van der Waals surface area contributed by atoms with Gasteiger partial charge in [0.15, 0.2) is 0 Å². The van der Waals surface area contributed by atoms with Gasteiger partial charge in [-0.1, -0.05) is 30.3 Å². The van der Waals surface area contributed by atoms with E-state index < -0.39 is 0 Å². The highest BCUT2D eigenvalue weighted by Crippen LogP contribution is 2.26. The number of imidazole rings is 1. The number of aliphatic hydroxyl groups is 1. The molecule has 0 atom stereocenters. The van der Waals surface area contributed by atoms with E-state index in [9.17, 15) is 5.11 Å². The van der Waals surface area contributed by atoms with Crippen molar-refractivity contribution < 1.29 is 5.11 Å². The Labute approximate surface area is 112 Å². The minimum atomic E-state index is 0.0564. The van der Waals surface area contributed by atoms with Gasteiger partial charge in [0.2, 0.25) is 0 Å². The highest BCUT2D eigenvalue weighted by atomic mass is 16.3. The summed E-state index contributed by atoms with van der Waals surface area (Å²) in [6.07, 6.45) is 0. The highest BCUT2D eigenvalue weighted by Gasteiger charge is 2.11. The maximum atomic E-state index is 9.23. The molecule has 0 bridgehead atoms. The maximum Gasteiger partial charge on any atom is 0.141 e. The molecular formula is C16H16N2O. The van der Waals surface area contributed by atoms with Crippen LogP contribution in [0.15, 0.2) is 42.5 Å². The number of fused-ring (bicyclic) bond motifs is 1. The highest BCUT2D eigenvalue weighted by molar-refractivity contribution is 5.81. The minimum absolute atomic E-state index is 0.0564. The monoisotopic (exact) mass is 252 g/mol. The summed E-state index contributed by atoms with van der Waals surface area (Å²) < 4.78 is 2.08. The Bertz CT molecular complexity index is 744. The van der Waals surface area contributed by atoms with Crippen LogP contribution in [0, 0.1) is 6.92 Å². The average molecular weight is 252 g/mol. The molecular weight excluding hydrogens is 236 g/mol. The molecule has 3 nitrogen and oxygen atoms in total. The lowest BCUT2D eigenvalue weighted by molar-refractivity contribution is 0.282. The van der Waals surface area contributed by atoms with Crippen molar-refractivity contribution in [1.82, 2.24) is 9.55 Å². The quantitative estimate of drug-likeness (QED) is 0.761. The third-order valence-electron chi connectivity index (χ3n) is 3.51. The topological polar surface area (TPSA) is 38.1 Å². The van der Waals surface area contributed by atoms with Gasteiger partial charge in [-0.15, -0.1) is 0 Å². The Kier molecular flexibility index (Phi) is 2.84. The largest absolute Gasteiger partial charge is 0.392 e. The fourth-order valence-electron chi connectivity index (χ4n) is 2.40. The van der Waals surface area contributed by atoms with Crippen LogP contribution >= 0.6 is 0 Å². The molecule has 0 unspecified atom stereocenters. The van der Waals surface area contributed by atoms with Crippen LogP contribution in [-0.4, -0.2) is 14.7 Å². The van der Waals surface area contributed by atoms with E-state index in [1.807, 2.05) is 37.4 Å². The first kappa shape index (κ1) is 11.9. The minimum Gasteiger partial charge on any atom is -0.392 e. The second-order valence-electron chi connectivity index (χ2n) is 4.79. The Balaban J connectivity index is 2.26. The number of aryl methyl sites for hydroxylation is 2. The first-order valence-electron chi connectivity index (χ1n) is 6.33. The zero-order valence-corrected chi connectivity index (χ0v) is 11.1. The van der Waals surface area contributed by atoms with E-state index in [1.165, 1.54) is 5.56 Å². The Morgan fingerprint density at radius 2 is 1.95 bits per heavy atom. The molecule has 3 aromatic rings. The lowest BCUT2D eigenvalue weighted by Gasteiger charge is -2.05. The van der Waals surface area contributed by atoms with Crippen molar-refractivity contribution in [2.75, 3.05) is 0 Å². The van der Waals surface area contributed by atoms with Gasteiger partial charge in [-0.05, 0) is 30.2 Å². The van der Waals surface area contributed by atoms with Crippen LogP contribution in [0.5, 0.6) is 0 Å². The van der Waals surface area contributed by atoms with Crippen molar-refractivity contribution in [1.29, 1.82) is 0 Å². The van der Waals surface area contributed by atoms with Crippen LogP contribution in [0.3, 0.4) is 0 Å². The number of rotatable bonds is 2. The number of benzene rings is 2. The fourth-order valence-corrected chi connectivity index (χ4v) is 2.40. The van der Waals surface area contributed by atoms with Gasteiger partial charge in [0.25, 0.3) is 0 Å². The second-order valence-corrected chi connectivity index (χ2v) is 4.79. The van der Waals surface area contributed by atoms with Gasteiger partial charge in [-0.2, -0.15) is 0 Å². The molecule has 1 N–H and O–H groups in total. The van der Waals surface area contributed by atoms with Gasteiger partial charge in [0.1, 0.15) is 5.82 Å². The third kappa shape index (κ3) is 1.92. The van der Waals surface area contributed by atoms with E-state index >= 15 is 0 Å². The normalized spacial score (nSPS) is 11.1. The molecule has 0 aliphatic carbocycles. The summed E-state index contributed by atoms with van der Waals surface area (Å²) >= 11 is 0. The molecule has 0 spiro atoms. The summed E-state index contributed by atoms with van der Waals surface area (Å²) in [6, 6.07) is 14.1. The molecule has 0 fully saturated rings. The van der Waals surface area contributed by atoms with Crippen molar-refractivity contribution in [2.45, 2.75) is 13.5 Å². The first-order chi connectivity index (χ1) is 9.20. The van der Waals surface area contributed by atoms with E-state index in [2.05, 4.69) is 23.6 Å². The van der Waals surface area contributed by atoms with Crippen LogP contribution in [0.2, 0.25) is 0 Å². The Morgan fingerprint density at radius 1 is 1.16 bits per heavy atom. The number of hydrogen-bond donors (Lipinski definition) is 1. The Hall–Kier alpha value is -2.13. The molecule has 1 aromatic heterocycles. The predicted molar refractivity (Wildman–Crippen MR) is 76.8 cm³/mol. The van der Waals surface area contributed by atoms with E-state index in [0.29, 0.717) is 0 Å². The van der Waals surface area contributed by atoms with Crippen molar-refractivity contribution in [3.63, 3.8) is 0 Å². The summed E-state index contributed by atoms with van der Waals surface area (Å²) in [5, 5.41) is 9.23. The summed E-state index contributed by atoms with van der Waals surface area (Å²) in [4.78, 5) is 4.70. The number of aromatic nitrogens is 2. The van der Waals surface area contributed by atoms with Gasteiger partial charge in [0.05, 0.1) is 17.6 Å². The fraction of sp³-hybridized carbons (Fsp3) is 0.188. The van der Waals surface area contributed by atoms with Crippen molar-refractivity contribution in [3.8, 4) is 11.4 Å². The molecule has 0 aliphatic heterocycles. The molecule has 0 aliphatic rings. The van der Waals surface area contributed by atoms with Crippen LogP contribution in [0.25, 0.3) is 22.4 Å². The zero-order valence-electron chi connectivity index (χ0n) is 11.1. The van der Waals surface area contributed by atoms with Crippen LogP contribution in [0.4, 0.5) is 0 Å². The summed E-state index contributed by atoms with van der Waals surface area (Å²) in [6.45, 7) is 2.15. The number of hydrogen-bond acceptors (Lipinski definition) is 2. The van der Waals surface area contributed by atoms with E-state index in [0.717, 1.165) is 28.0 Å². The number of aliphatic hydroxyl groups excluding tert-OH is 1. The molecule has 96 valence electrons. The Morgan fingerprint density at radius 3 is 2.68 bits per heavy atom. The van der Waals surface area contributed by atoms with Gasteiger partial charge >= 0.3 is 0 Å². The van der Waals surface area contributed by atoms with E-state index in [-0.39, 0.29) is 6.61 Å². The SMILES string of the molecule is Cc1ccccc1-c1nc2ccc(CO)cc2n1C. The summed E-state index contributed by atoms with van der Waals surface area (Å²) in [7, 11) is 2.01. The van der Waals surface area contributed by atoms with Crippen molar-refractivity contribution in [3.05, 3.63) is 53.6 Å². The molecule has 0 saturated carbocycles. The molecule has 0 amide bonds. The molecule has 1 heterocycles. The predicted octanol–water partition coefficient (Wildman–Crippen LogP) is 3.04. The summed E-state index contributed by atoms with van der Waals surface area (Å²) in [5.74, 6) is 0.961. The molecule has 3 rings (SSSR count).